The van der Waals surface area contributed by atoms with Crippen molar-refractivity contribution in [3.8, 4) is 0 Å². The second-order valence-electron chi connectivity index (χ2n) is 7.32. The average Bonchev–Trinajstić information content (AvgIpc) is 3.24. The largest absolute Gasteiger partial charge is 0.345 e. The van der Waals surface area contributed by atoms with Crippen molar-refractivity contribution in [2.75, 3.05) is 18.1 Å². The molecule has 2 aliphatic rings. The summed E-state index contributed by atoms with van der Waals surface area (Å²) in [5, 5.41) is 11.5. The topological polar surface area (TPSA) is 75.9 Å². The second kappa shape index (κ2) is 6.96. The first kappa shape index (κ1) is 18.3. The number of rotatable bonds is 4. The molecule has 1 saturated heterocycles. The summed E-state index contributed by atoms with van der Waals surface area (Å²) >= 11 is 0. The van der Waals surface area contributed by atoms with Crippen molar-refractivity contribution in [2.45, 2.75) is 12.3 Å². The van der Waals surface area contributed by atoms with Gasteiger partial charge in [-0.3, -0.25) is 19.9 Å². The van der Waals surface area contributed by atoms with Gasteiger partial charge in [0.2, 0.25) is 0 Å². The second-order valence-corrected chi connectivity index (χ2v) is 7.32. The summed E-state index contributed by atoms with van der Waals surface area (Å²) in [5.41, 5.74) is 1.77. The normalized spacial score (nSPS) is 20.1. The molecule has 2 heterocycles. The van der Waals surface area contributed by atoms with E-state index in [1.165, 1.54) is 12.1 Å². The SMILES string of the molecule is O=C1N(Cc2ccccc2)c2ccc([N+](=O)[O-])cc2C2(c3ccccc3)OCCN12. The zero-order valence-electron chi connectivity index (χ0n) is 16.1. The molecule has 2 amide bonds. The third-order valence-corrected chi connectivity index (χ3v) is 5.66. The van der Waals surface area contributed by atoms with Gasteiger partial charge in [0.25, 0.3) is 5.69 Å². The van der Waals surface area contributed by atoms with Gasteiger partial charge in [-0.1, -0.05) is 60.7 Å². The Morgan fingerprint density at radius 3 is 2.40 bits per heavy atom. The number of benzene rings is 3. The third kappa shape index (κ3) is 2.67. The molecule has 7 heteroatoms. The summed E-state index contributed by atoms with van der Waals surface area (Å²) in [6, 6.07) is 23.6. The highest BCUT2D eigenvalue weighted by atomic mass is 16.6. The van der Waals surface area contributed by atoms with Gasteiger partial charge in [-0.15, -0.1) is 0 Å². The van der Waals surface area contributed by atoms with E-state index in [4.69, 9.17) is 4.74 Å². The van der Waals surface area contributed by atoms with Crippen LogP contribution in [0, 0.1) is 10.1 Å². The van der Waals surface area contributed by atoms with Crippen LogP contribution < -0.4 is 4.90 Å². The van der Waals surface area contributed by atoms with E-state index in [2.05, 4.69) is 0 Å². The number of ether oxygens (including phenoxy) is 1. The standard InChI is InChI=1S/C23H19N3O4/c27-22-24(16-17-7-3-1-4-8-17)21-12-11-19(26(28)29)15-20(21)23(25(22)13-14-30-23)18-9-5-2-6-10-18/h1-12,15H,13-14,16H2. The number of carbonyl (C=O) groups is 1. The smallest absolute Gasteiger partial charge is 0.327 e. The molecule has 30 heavy (non-hydrogen) atoms. The van der Waals surface area contributed by atoms with Crippen LogP contribution in [0.1, 0.15) is 16.7 Å². The first-order valence-corrected chi connectivity index (χ1v) is 9.73. The number of amides is 2. The van der Waals surface area contributed by atoms with Gasteiger partial charge < -0.3 is 4.74 Å². The Hall–Kier alpha value is -3.71. The molecule has 0 aliphatic carbocycles. The Morgan fingerprint density at radius 2 is 1.70 bits per heavy atom. The lowest BCUT2D eigenvalue weighted by Crippen LogP contribution is -2.56. The van der Waals surface area contributed by atoms with Crippen molar-refractivity contribution >= 4 is 17.4 Å². The Morgan fingerprint density at radius 1 is 1.00 bits per heavy atom. The zero-order chi connectivity index (χ0) is 20.7. The highest BCUT2D eigenvalue weighted by Crippen LogP contribution is 2.49. The fourth-order valence-corrected chi connectivity index (χ4v) is 4.34. The van der Waals surface area contributed by atoms with E-state index in [9.17, 15) is 14.9 Å². The molecule has 5 rings (SSSR count). The number of hydrogen-bond donors (Lipinski definition) is 0. The minimum atomic E-state index is -1.17. The molecule has 1 atom stereocenters. The number of non-ortho nitro benzene ring substituents is 1. The van der Waals surface area contributed by atoms with Crippen LogP contribution in [0.25, 0.3) is 0 Å². The van der Waals surface area contributed by atoms with Crippen LogP contribution in [-0.4, -0.2) is 29.0 Å². The highest BCUT2D eigenvalue weighted by Gasteiger charge is 2.55. The third-order valence-electron chi connectivity index (χ3n) is 5.66. The average molecular weight is 401 g/mol. The van der Waals surface area contributed by atoms with E-state index >= 15 is 0 Å². The van der Waals surface area contributed by atoms with Gasteiger partial charge in [0.1, 0.15) is 0 Å². The molecule has 1 unspecified atom stereocenters. The summed E-state index contributed by atoms with van der Waals surface area (Å²) in [6.45, 7) is 1.12. The van der Waals surface area contributed by atoms with E-state index in [1.807, 2.05) is 60.7 Å². The molecule has 0 aromatic heterocycles. The number of carbonyl (C=O) groups excluding carboxylic acids is 1. The molecule has 150 valence electrons. The van der Waals surface area contributed by atoms with Crippen LogP contribution in [0.2, 0.25) is 0 Å². The molecule has 0 N–H and O–H groups in total. The quantitative estimate of drug-likeness (QED) is 0.483. The van der Waals surface area contributed by atoms with Crippen LogP contribution in [-0.2, 0) is 17.0 Å². The van der Waals surface area contributed by atoms with Crippen LogP contribution in [0.5, 0.6) is 0 Å². The Balaban J connectivity index is 1.73. The monoisotopic (exact) mass is 401 g/mol. The van der Waals surface area contributed by atoms with Crippen LogP contribution in [0.15, 0.2) is 78.9 Å². The number of fused-ring (bicyclic) bond motifs is 3. The summed E-state index contributed by atoms with van der Waals surface area (Å²) in [4.78, 5) is 28.1. The molecule has 2 aliphatic heterocycles. The lowest BCUT2D eigenvalue weighted by molar-refractivity contribution is -0.385. The summed E-state index contributed by atoms with van der Waals surface area (Å²) < 4.78 is 6.22. The lowest BCUT2D eigenvalue weighted by atomic mass is 9.89. The van der Waals surface area contributed by atoms with Crippen molar-refractivity contribution in [1.82, 2.24) is 4.90 Å². The zero-order valence-corrected chi connectivity index (χ0v) is 16.1. The first-order valence-electron chi connectivity index (χ1n) is 9.73. The van der Waals surface area contributed by atoms with Crippen molar-refractivity contribution in [3.63, 3.8) is 0 Å². The van der Waals surface area contributed by atoms with Gasteiger partial charge in [0, 0.05) is 29.8 Å². The molecule has 0 saturated carbocycles. The summed E-state index contributed by atoms with van der Waals surface area (Å²) in [6.07, 6.45) is 0. The van der Waals surface area contributed by atoms with Gasteiger partial charge in [0.15, 0.2) is 5.72 Å². The van der Waals surface area contributed by atoms with E-state index in [1.54, 1.807) is 15.9 Å². The molecular weight excluding hydrogens is 382 g/mol. The summed E-state index contributed by atoms with van der Waals surface area (Å²) in [5.74, 6) is 0. The predicted octanol–water partition coefficient (Wildman–Crippen LogP) is 4.27. The number of hydrogen-bond acceptors (Lipinski definition) is 4. The molecule has 0 spiro atoms. The minimum absolute atomic E-state index is 0.0338. The molecule has 3 aromatic carbocycles. The van der Waals surface area contributed by atoms with E-state index < -0.39 is 10.6 Å². The molecule has 3 aromatic rings. The predicted molar refractivity (Wildman–Crippen MR) is 111 cm³/mol. The van der Waals surface area contributed by atoms with Crippen LogP contribution >= 0.6 is 0 Å². The van der Waals surface area contributed by atoms with Crippen molar-refractivity contribution in [3.05, 3.63) is 106 Å². The Labute approximate surface area is 173 Å². The van der Waals surface area contributed by atoms with Crippen LogP contribution in [0.3, 0.4) is 0 Å². The van der Waals surface area contributed by atoms with Gasteiger partial charge >= 0.3 is 6.03 Å². The number of nitro groups is 1. The molecule has 0 radical (unpaired) electrons. The Bertz CT molecular complexity index is 1120. The number of nitro benzene ring substituents is 1. The van der Waals surface area contributed by atoms with Crippen molar-refractivity contribution in [2.24, 2.45) is 0 Å². The molecule has 7 nitrogen and oxygen atoms in total. The van der Waals surface area contributed by atoms with E-state index in [0.29, 0.717) is 30.9 Å². The fraction of sp³-hybridized carbons (Fsp3) is 0.174. The van der Waals surface area contributed by atoms with Crippen molar-refractivity contribution < 1.29 is 14.5 Å². The molecular formula is C23H19N3O4. The van der Waals surface area contributed by atoms with Gasteiger partial charge in [-0.05, 0) is 11.6 Å². The maximum atomic E-state index is 13.6. The van der Waals surface area contributed by atoms with E-state index in [0.717, 1.165) is 11.1 Å². The maximum absolute atomic E-state index is 13.6. The summed E-state index contributed by atoms with van der Waals surface area (Å²) in [7, 11) is 0. The van der Waals surface area contributed by atoms with Gasteiger partial charge in [-0.2, -0.15) is 0 Å². The fourth-order valence-electron chi connectivity index (χ4n) is 4.34. The number of urea groups is 1. The number of anilines is 1. The Kier molecular flexibility index (Phi) is 4.25. The maximum Gasteiger partial charge on any atom is 0.327 e. The lowest BCUT2D eigenvalue weighted by Gasteiger charge is -2.46. The number of nitrogens with zero attached hydrogens (tertiary/aromatic N) is 3. The van der Waals surface area contributed by atoms with E-state index in [-0.39, 0.29) is 11.7 Å². The van der Waals surface area contributed by atoms with Gasteiger partial charge in [0.05, 0.1) is 23.8 Å². The first-order chi connectivity index (χ1) is 14.6. The van der Waals surface area contributed by atoms with Gasteiger partial charge in [-0.25, -0.2) is 4.79 Å². The van der Waals surface area contributed by atoms with Crippen molar-refractivity contribution in [1.29, 1.82) is 0 Å². The van der Waals surface area contributed by atoms with Crippen LogP contribution in [0.4, 0.5) is 16.2 Å². The highest BCUT2D eigenvalue weighted by molar-refractivity contribution is 5.97. The minimum Gasteiger partial charge on any atom is -0.345 e. The molecule has 1 fully saturated rings. The molecule has 0 bridgehead atoms.